The van der Waals surface area contributed by atoms with Gasteiger partial charge in [0, 0.05) is 25.9 Å². The summed E-state index contributed by atoms with van der Waals surface area (Å²) in [6.45, 7) is 1.89. The summed E-state index contributed by atoms with van der Waals surface area (Å²) in [5.74, 6) is -1.39. The minimum Gasteiger partial charge on any atom is -0.383 e. The van der Waals surface area contributed by atoms with Crippen LogP contribution < -0.4 is 0 Å². The molecular formula is C12H9BrF2OS. The first-order valence-electron chi connectivity index (χ1n) is 4.88. The van der Waals surface area contributed by atoms with Crippen molar-refractivity contribution in [2.45, 2.75) is 13.0 Å². The van der Waals surface area contributed by atoms with Crippen LogP contribution >= 0.6 is 27.3 Å². The van der Waals surface area contributed by atoms with E-state index in [1.165, 1.54) is 17.4 Å². The average molecular weight is 319 g/mol. The molecule has 1 heterocycles. The van der Waals surface area contributed by atoms with Gasteiger partial charge in [-0.2, -0.15) is 0 Å². The Morgan fingerprint density at radius 1 is 1.29 bits per heavy atom. The maximum atomic E-state index is 13.5. The van der Waals surface area contributed by atoms with E-state index in [0.717, 1.165) is 21.5 Å². The lowest BCUT2D eigenvalue weighted by atomic mass is 10.1. The van der Waals surface area contributed by atoms with Crippen LogP contribution in [0.25, 0.3) is 0 Å². The fourth-order valence-corrected chi connectivity index (χ4v) is 3.06. The van der Waals surface area contributed by atoms with E-state index in [0.29, 0.717) is 4.88 Å². The Kier molecular flexibility index (Phi) is 3.61. The van der Waals surface area contributed by atoms with Gasteiger partial charge in [-0.05, 0) is 35.0 Å². The van der Waals surface area contributed by atoms with Crippen molar-refractivity contribution in [2.75, 3.05) is 0 Å². The summed E-state index contributed by atoms with van der Waals surface area (Å²) in [5, 5.41) is 10.0. The van der Waals surface area contributed by atoms with Crippen molar-refractivity contribution < 1.29 is 13.9 Å². The highest BCUT2D eigenvalue weighted by Crippen LogP contribution is 2.34. The molecule has 1 aromatic heterocycles. The van der Waals surface area contributed by atoms with Gasteiger partial charge in [0.1, 0.15) is 17.7 Å². The molecule has 5 heteroatoms. The molecule has 1 unspecified atom stereocenters. The smallest absolute Gasteiger partial charge is 0.132 e. The van der Waals surface area contributed by atoms with Crippen molar-refractivity contribution in [2.24, 2.45) is 0 Å². The summed E-state index contributed by atoms with van der Waals surface area (Å²) >= 11 is 4.71. The summed E-state index contributed by atoms with van der Waals surface area (Å²) in [6, 6.07) is 4.91. The first-order chi connectivity index (χ1) is 7.99. The summed E-state index contributed by atoms with van der Waals surface area (Å²) in [6.07, 6.45) is -1.06. The van der Waals surface area contributed by atoms with Gasteiger partial charge in [-0.3, -0.25) is 0 Å². The maximum absolute atomic E-state index is 13.5. The highest BCUT2D eigenvalue weighted by molar-refractivity contribution is 9.10. The monoisotopic (exact) mass is 318 g/mol. The largest absolute Gasteiger partial charge is 0.383 e. The second kappa shape index (κ2) is 4.84. The maximum Gasteiger partial charge on any atom is 0.132 e. The van der Waals surface area contributed by atoms with Gasteiger partial charge in [0.15, 0.2) is 0 Å². The van der Waals surface area contributed by atoms with E-state index in [4.69, 9.17) is 0 Å². The van der Waals surface area contributed by atoms with Crippen LogP contribution in [0.4, 0.5) is 8.78 Å². The van der Waals surface area contributed by atoms with Crippen molar-refractivity contribution in [1.29, 1.82) is 0 Å². The van der Waals surface area contributed by atoms with Gasteiger partial charge >= 0.3 is 0 Å². The Morgan fingerprint density at radius 3 is 2.53 bits per heavy atom. The minimum atomic E-state index is -1.06. The van der Waals surface area contributed by atoms with E-state index < -0.39 is 17.7 Å². The van der Waals surface area contributed by atoms with Gasteiger partial charge in [0.25, 0.3) is 0 Å². The van der Waals surface area contributed by atoms with Gasteiger partial charge in [-0.1, -0.05) is 6.07 Å². The second-order valence-corrected chi connectivity index (χ2v) is 5.76. The number of aliphatic hydroxyl groups is 1. The first-order valence-corrected chi connectivity index (χ1v) is 6.49. The van der Waals surface area contributed by atoms with E-state index in [9.17, 15) is 13.9 Å². The minimum absolute atomic E-state index is 0.0835. The number of aliphatic hydroxyl groups excluding tert-OH is 1. The van der Waals surface area contributed by atoms with E-state index in [-0.39, 0.29) is 5.56 Å². The third-order valence-corrected chi connectivity index (χ3v) is 4.59. The molecule has 1 aromatic carbocycles. The van der Waals surface area contributed by atoms with Gasteiger partial charge in [0.05, 0.1) is 0 Å². The zero-order valence-electron chi connectivity index (χ0n) is 8.88. The number of benzene rings is 1. The topological polar surface area (TPSA) is 20.2 Å². The van der Waals surface area contributed by atoms with Crippen molar-refractivity contribution >= 4 is 27.3 Å². The Morgan fingerprint density at radius 2 is 2.00 bits per heavy atom. The number of rotatable bonds is 2. The highest BCUT2D eigenvalue weighted by Gasteiger charge is 2.18. The quantitative estimate of drug-likeness (QED) is 0.880. The van der Waals surface area contributed by atoms with E-state index >= 15 is 0 Å². The molecule has 0 aliphatic heterocycles. The Labute approximate surface area is 110 Å². The number of hydrogen-bond acceptors (Lipinski definition) is 2. The summed E-state index contributed by atoms with van der Waals surface area (Å²) < 4.78 is 27.1. The third-order valence-electron chi connectivity index (χ3n) is 2.40. The zero-order valence-corrected chi connectivity index (χ0v) is 11.3. The molecule has 0 aliphatic carbocycles. The van der Waals surface area contributed by atoms with Crippen LogP contribution in [0.2, 0.25) is 0 Å². The molecule has 0 spiro atoms. The zero-order chi connectivity index (χ0) is 12.6. The fraction of sp³-hybridized carbons (Fsp3) is 0.167. The Bertz CT molecular complexity index is 534. The summed E-state index contributed by atoms with van der Waals surface area (Å²) in [7, 11) is 0. The molecule has 1 nitrogen and oxygen atoms in total. The molecule has 90 valence electrons. The van der Waals surface area contributed by atoms with Crippen LogP contribution in [0.3, 0.4) is 0 Å². The standard InChI is InChI=1S/C12H9BrF2OS/c1-6-9(13)5-11(17-6)12(16)8-3-2-7(14)4-10(8)15/h2-5,12,16H,1H3. The summed E-state index contributed by atoms with van der Waals surface area (Å²) in [4.78, 5) is 1.63. The van der Waals surface area contributed by atoms with Crippen molar-refractivity contribution in [3.8, 4) is 0 Å². The third kappa shape index (κ3) is 2.56. The van der Waals surface area contributed by atoms with Gasteiger partial charge < -0.3 is 5.11 Å². The lowest BCUT2D eigenvalue weighted by Crippen LogP contribution is -2.00. The van der Waals surface area contributed by atoms with Crippen molar-refractivity contribution in [1.82, 2.24) is 0 Å². The molecule has 2 aromatic rings. The molecule has 0 radical (unpaired) electrons. The van der Waals surface area contributed by atoms with Gasteiger partial charge in [-0.25, -0.2) is 8.78 Å². The predicted octanol–water partition coefficient (Wildman–Crippen LogP) is 4.18. The number of aryl methyl sites for hydroxylation is 1. The lowest BCUT2D eigenvalue weighted by molar-refractivity contribution is 0.218. The molecule has 1 atom stereocenters. The van der Waals surface area contributed by atoms with E-state index in [1.54, 1.807) is 6.07 Å². The van der Waals surface area contributed by atoms with Crippen LogP contribution in [-0.4, -0.2) is 5.11 Å². The first kappa shape index (κ1) is 12.7. The summed E-state index contributed by atoms with van der Waals surface area (Å²) in [5.41, 5.74) is 0.0835. The molecule has 0 saturated carbocycles. The van der Waals surface area contributed by atoms with Gasteiger partial charge in [-0.15, -0.1) is 11.3 Å². The van der Waals surface area contributed by atoms with Crippen LogP contribution in [0.15, 0.2) is 28.7 Å². The number of thiophene rings is 1. The van der Waals surface area contributed by atoms with Crippen LogP contribution in [0.5, 0.6) is 0 Å². The van der Waals surface area contributed by atoms with Crippen LogP contribution in [0.1, 0.15) is 21.4 Å². The van der Waals surface area contributed by atoms with Crippen molar-refractivity contribution in [3.05, 3.63) is 55.7 Å². The number of hydrogen-bond donors (Lipinski definition) is 1. The van der Waals surface area contributed by atoms with E-state index in [1.807, 2.05) is 6.92 Å². The molecule has 0 saturated heterocycles. The Hall–Kier alpha value is -0.780. The second-order valence-electron chi connectivity index (χ2n) is 3.62. The molecule has 1 N–H and O–H groups in total. The normalized spacial score (nSPS) is 12.8. The Balaban J connectivity index is 2.39. The molecule has 0 aliphatic rings. The predicted molar refractivity (Wildman–Crippen MR) is 67.2 cm³/mol. The van der Waals surface area contributed by atoms with Crippen LogP contribution in [-0.2, 0) is 0 Å². The fourth-order valence-electron chi connectivity index (χ4n) is 1.49. The van der Waals surface area contributed by atoms with E-state index in [2.05, 4.69) is 15.9 Å². The van der Waals surface area contributed by atoms with Gasteiger partial charge in [0.2, 0.25) is 0 Å². The molecule has 0 amide bonds. The molecule has 0 fully saturated rings. The molecule has 2 rings (SSSR count). The molecule has 17 heavy (non-hydrogen) atoms. The van der Waals surface area contributed by atoms with Crippen molar-refractivity contribution in [3.63, 3.8) is 0 Å². The molecule has 0 bridgehead atoms. The van der Waals surface area contributed by atoms with Crippen LogP contribution in [0, 0.1) is 18.6 Å². The average Bonchev–Trinajstić information content (AvgIpc) is 2.58. The SMILES string of the molecule is Cc1sc(C(O)c2ccc(F)cc2F)cc1Br. The molecular weight excluding hydrogens is 310 g/mol. The lowest BCUT2D eigenvalue weighted by Gasteiger charge is -2.09. The highest BCUT2D eigenvalue weighted by atomic mass is 79.9. The number of halogens is 3.